The van der Waals surface area contributed by atoms with E-state index in [4.69, 9.17) is 5.41 Å². The summed E-state index contributed by atoms with van der Waals surface area (Å²) in [6, 6.07) is 26.6. The predicted octanol–water partition coefficient (Wildman–Crippen LogP) is 5.84. The molecule has 1 aromatic carbocycles. The minimum absolute atomic E-state index is 0.373. The molecule has 0 atom stereocenters. The summed E-state index contributed by atoms with van der Waals surface area (Å²) in [6.07, 6.45) is 3.85. The lowest BCUT2D eigenvalue weighted by atomic mass is 10.1. The highest BCUT2D eigenvalue weighted by Crippen LogP contribution is 2.25. The molecule has 5 nitrogen and oxygen atoms in total. The number of aromatic nitrogens is 4. The zero-order chi connectivity index (χ0) is 20.8. The summed E-state index contributed by atoms with van der Waals surface area (Å²) >= 11 is 0. The summed E-state index contributed by atoms with van der Waals surface area (Å²) in [5, 5.41) is 9.26. The topological polar surface area (TPSA) is 84.1 Å². The molecule has 5 heterocycles. The van der Waals surface area contributed by atoms with Crippen LogP contribution in [0.3, 0.4) is 0 Å². The quantitative estimate of drug-likeness (QED) is 0.274. The number of fused-ring (bicyclic) bond motifs is 8. The number of rotatable bonds is 1. The molecule has 5 aromatic rings. The maximum Gasteiger partial charge on any atom is 0.104 e. The highest BCUT2D eigenvalue weighted by molar-refractivity contribution is 5.87. The zero-order valence-corrected chi connectivity index (χ0v) is 16.6. The highest BCUT2D eigenvalue weighted by atomic mass is 14.8. The largest absolute Gasteiger partial charge is 0.355 e. The van der Waals surface area contributed by atoms with E-state index in [9.17, 15) is 0 Å². The van der Waals surface area contributed by atoms with Crippen molar-refractivity contribution in [1.29, 1.82) is 5.41 Å². The average Bonchev–Trinajstić information content (AvgIpc) is 3.57. The second kappa shape index (κ2) is 6.85. The fourth-order valence-corrected chi connectivity index (χ4v) is 4.01. The van der Waals surface area contributed by atoms with Crippen LogP contribution in [0.1, 0.15) is 11.4 Å². The van der Waals surface area contributed by atoms with E-state index < -0.39 is 0 Å². The van der Waals surface area contributed by atoms with Crippen LogP contribution < -0.4 is 5.36 Å². The van der Waals surface area contributed by atoms with Gasteiger partial charge in [-0.25, -0.2) is 4.98 Å². The Morgan fingerprint density at radius 1 is 0.613 bits per heavy atom. The molecule has 0 saturated carbocycles. The number of hydrogen-bond donors (Lipinski definition) is 4. The van der Waals surface area contributed by atoms with Crippen LogP contribution in [0, 0.1) is 5.41 Å². The van der Waals surface area contributed by atoms with Gasteiger partial charge in [0, 0.05) is 33.1 Å². The standard InChI is InChI=1S/C26H19N5/c27-25-24-11-10-21(30-24)13-19-7-6-17(28-19)12-18-8-9-20(29-18)14-22-15-23(26(25)31-22)16-4-2-1-3-5-16/h1-15,27-29,31H. The van der Waals surface area contributed by atoms with Gasteiger partial charge < -0.3 is 15.0 Å². The van der Waals surface area contributed by atoms with Gasteiger partial charge in [0.1, 0.15) is 5.36 Å². The minimum Gasteiger partial charge on any atom is -0.355 e. The maximum absolute atomic E-state index is 8.89. The molecule has 148 valence electrons. The van der Waals surface area contributed by atoms with Crippen molar-refractivity contribution in [2.45, 2.75) is 0 Å². The summed E-state index contributed by atoms with van der Waals surface area (Å²) in [5.74, 6) is 0. The number of nitrogens with zero attached hydrogens (tertiary/aromatic N) is 1. The summed E-state index contributed by atoms with van der Waals surface area (Å²) in [6.45, 7) is 0. The molecule has 6 rings (SSSR count). The molecule has 0 saturated heterocycles. The van der Waals surface area contributed by atoms with Crippen molar-refractivity contribution in [2.24, 2.45) is 0 Å². The molecular weight excluding hydrogens is 382 g/mol. The van der Waals surface area contributed by atoms with E-state index in [-0.39, 0.29) is 0 Å². The van der Waals surface area contributed by atoms with E-state index in [1.54, 1.807) is 0 Å². The Kier molecular flexibility index (Phi) is 3.86. The highest BCUT2D eigenvalue weighted by Gasteiger charge is 2.08. The van der Waals surface area contributed by atoms with E-state index >= 15 is 0 Å². The zero-order valence-electron chi connectivity index (χ0n) is 16.6. The minimum atomic E-state index is 0.373. The lowest BCUT2D eigenvalue weighted by Gasteiger charge is -1.97. The van der Waals surface area contributed by atoms with Gasteiger partial charge in [0.15, 0.2) is 0 Å². The van der Waals surface area contributed by atoms with Crippen LogP contribution >= 0.6 is 0 Å². The van der Waals surface area contributed by atoms with Crippen molar-refractivity contribution in [3.63, 3.8) is 0 Å². The molecule has 1 aliphatic rings. The van der Waals surface area contributed by atoms with E-state index in [1.165, 1.54) is 0 Å². The Balaban J connectivity index is 1.75. The number of aromatic amines is 3. The fourth-order valence-electron chi connectivity index (χ4n) is 4.01. The van der Waals surface area contributed by atoms with Crippen molar-refractivity contribution in [3.8, 4) is 11.1 Å². The lowest BCUT2D eigenvalue weighted by Crippen LogP contribution is -2.05. The normalized spacial score (nSPS) is 11.9. The Labute approximate surface area is 177 Å². The first-order valence-electron chi connectivity index (χ1n) is 10.1. The summed E-state index contributed by atoms with van der Waals surface area (Å²) in [5.41, 5.74) is 9.20. The van der Waals surface area contributed by atoms with Gasteiger partial charge in [-0.15, -0.1) is 0 Å². The average molecular weight is 401 g/mol. The van der Waals surface area contributed by atoms with Gasteiger partial charge in [-0.2, -0.15) is 0 Å². The van der Waals surface area contributed by atoms with E-state index in [2.05, 4.69) is 62.4 Å². The first-order valence-corrected chi connectivity index (χ1v) is 10.1. The summed E-state index contributed by atoms with van der Waals surface area (Å²) in [4.78, 5) is 15.0. The molecule has 31 heavy (non-hydrogen) atoms. The fraction of sp³-hybridized carbons (Fsp3) is 0. The molecule has 8 bridgehead atoms. The van der Waals surface area contributed by atoms with Gasteiger partial charge in [0.25, 0.3) is 0 Å². The van der Waals surface area contributed by atoms with Crippen LogP contribution in [0.4, 0.5) is 0 Å². The lowest BCUT2D eigenvalue weighted by molar-refractivity contribution is 1.20. The third-order valence-electron chi connectivity index (χ3n) is 5.48. The molecule has 0 fully saturated rings. The van der Waals surface area contributed by atoms with E-state index in [1.807, 2.05) is 48.6 Å². The van der Waals surface area contributed by atoms with Crippen LogP contribution in [0.15, 0.2) is 78.9 Å². The van der Waals surface area contributed by atoms with Gasteiger partial charge in [-0.3, -0.25) is 5.41 Å². The second-order valence-corrected chi connectivity index (χ2v) is 7.68. The number of nitrogens with one attached hydrogen (secondary N) is 4. The molecule has 1 aliphatic heterocycles. The molecule has 0 radical (unpaired) electrons. The van der Waals surface area contributed by atoms with Crippen molar-refractivity contribution >= 4 is 45.3 Å². The van der Waals surface area contributed by atoms with E-state index in [0.717, 1.165) is 49.9 Å². The van der Waals surface area contributed by atoms with Crippen molar-refractivity contribution in [2.75, 3.05) is 0 Å². The summed E-state index contributed by atoms with van der Waals surface area (Å²) < 4.78 is 0. The monoisotopic (exact) mass is 401 g/mol. The molecule has 0 amide bonds. The molecule has 0 unspecified atom stereocenters. The molecule has 4 aromatic heterocycles. The van der Waals surface area contributed by atoms with Crippen molar-refractivity contribution < 1.29 is 0 Å². The Hall–Kier alpha value is -4.38. The number of benzene rings is 1. The first-order chi connectivity index (χ1) is 15.2. The molecule has 0 aliphatic carbocycles. The van der Waals surface area contributed by atoms with Gasteiger partial charge in [0.2, 0.25) is 0 Å². The smallest absolute Gasteiger partial charge is 0.104 e. The molecule has 4 N–H and O–H groups in total. The number of H-pyrrole nitrogens is 3. The van der Waals surface area contributed by atoms with Gasteiger partial charge in [-0.1, -0.05) is 30.3 Å². The third kappa shape index (κ3) is 3.22. The van der Waals surface area contributed by atoms with Gasteiger partial charge in [0.05, 0.1) is 16.9 Å². The van der Waals surface area contributed by atoms with Crippen LogP contribution in [0.5, 0.6) is 0 Å². The van der Waals surface area contributed by atoms with Crippen LogP contribution in [-0.2, 0) is 0 Å². The van der Waals surface area contributed by atoms with Gasteiger partial charge in [-0.05, 0) is 66.2 Å². The Bertz CT molecular complexity index is 1650. The molecule has 0 spiro atoms. The Morgan fingerprint density at radius 3 is 1.97 bits per heavy atom. The Morgan fingerprint density at radius 2 is 1.26 bits per heavy atom. The molecular formula is C26H19N5. The van der Waals surface area contributed by atoms with Crippen LogP contribution in [0.2, 0.25) is 0 Å². The first kappa shape index (κ1) is 17.5. The SMILES string of the molecule is N=c1c2nc(cc3ccc(cc4ccc(cc5cc(-c6ccccc6)c1[nH]5)[nH]4)[nH]3)C=C2. The number of hydrogen-bond acceptors (Lipinski definition) is 2. The van der Waals surface area contributed by atoms with E-state index in [0.29, 0.717) is 11.1 Å². The van der Waals surface area contributed by atoms with Gasteiger partial charge >= 0.3 is 0 Å². The van der Waals surface area contributed by atoms with Crippen molar-refractivity contribution in [3.05, 3.63) is 95.6 Å². The predicted molar refractivity (Wildman–Crippen MR) is 126 cm³/mol. The van der Waals surface area contributed by atoms with Crippen LogP contribution in [0.25, 0.3) is 56.4 Å². The second-order valence-electron chi connectivity index (χ2n) is 7.68. The van der Waals surface area contributed by atoms with Crippen molar-refractivity contribution in [1.82, 2.24) is 19.9 Å². The molecule has 5 heteroatoms. The third-order valence-corrected chi connectivity index (χ3v) is 5.48. The van der Waals surface area contributed by atoms with Crippen LogP contribution in [-0.4, -0.2) is 19.9 Å². The summed E-state index contributed by atoms with van der Waals surface area (Å²) in [7, 11) is 0. The maximum atomic E-state index is 8.89.